The van der Waals surface area contributed by atoms with Crippen LogP contribution in [0.4, 0.5) is 22.8 Å². The minimum absolute atomic E-state index is 0. The zero-order valence-corrected chi connectivity index (χ0v) is 33.0. The minimum atomic E-state index is -5.08. The highest BCUT2D eigenvalue weighted by atomic mass is 32.1. The molecule has 0 saturated carbocycles. The average molecular weight is 745 g/mol. The molecule has 0 aromatic rings. The van der Waals surface area contributed by atoms with E-state index in [9.17, 15) is 22.8 Å². The minimum Gasteiger partial charge on any atom is -0.475 e. The summed E-state index contributed by atoms with van der Waals surface area (Å²) in [4.78, 5) is 40.4. The zero-order valence-electron chi connectivity index (χ0n) is 30.0. The van der Waals surface area contributed by atoms with Crippen LogP contribution in [0.3, 0.4) is 0 Å². The van der Waals surface area contributed by atoms with Crippen LogP contribution in [0.2, 0.25) is 0 Å². The number of halogens is 3. The van der Waals surface area contributed by atoms with Crippen LogP contribution in [0.15, 0.2) is 0 Å². The van der Waals surface area contributed by atoms with Gasteiger partial charge in [-0.25, -0.2) is 14.4 Å². The number of carboxylic acid groups (broad SMARTS) is 1. The molecule has 0 aromatic carbocycles. The highest BCUT2D eigenvalue weighted by molar-refractivity contribution is 7.59. The fourth-order valence-electron chi connectivity index (χ4n) is 3.91. The Morgan fingerprint density at radius 1 is 0.702 bits per heavy atom. The standard InChI is InChI=1S/C11H22N2O2.C10H20N2O2.C6H14N2.C2HF3O2.3H2S/c1-9-8-13(7-6-12(9)5)10(14)15-11(2,3)4;1-8-7-12(6-5-11-8)9(13)14-10(2,3)4;1-6-5-7-3-4-8(6)2;3-2(4,5)1(6)7;;;/h9H,6-8H2,1-5H3;8,11H,5-7H2,1-4H3;6-7H,3-5H2,1-2H3;(H,6,7);3*1H2/t9-;8-;6-;;;;/m000..../s1. The number of piperazine rings is 3. The van der Waals surface area contributed by atoms with Crippen LogP contribution in [-0.4, -0.2) is 151 Å². The van der Waals surface area contributed by atoms with Crippen LogP contribution in [-0.2, 0) is 14.3 Å². The maximum absolute atomic E-state index is 11.8. The molecule has 3 rings (SSSR count). The number of hydrogen-bond donors (Lipinski definition) is 3. The first-order valence-corrected chi connectivity index (χ1v) is 15.0. The van der Waals surface area contributed by atoms with Crippen LogP contribution >= 0.6 is 40.5 Å². The Balaban J connectivity index is -0.000000268. The highest BCUT2D eigenvalue weighted by Gasteiger charge is 2.38. The summed E-state index contributed by atoms with van der Waals surface area (Å²) in [7, 11) is 4.25. The average Bonchev–Trinajstić information content (AvgIpc) is 2.86. The lowest BCUT2D eigenvalue weighted by molar-refractivity contribution is -0.192. The highest BCUT2D eigenvalue weighted by Crippen LogP contribution is 2.14. The van der Waals surface area contributed by atoms with E-state index in [4.69, 9.17) is 19.4 Å². The van der Waals surface area contributed by atoms with E-state index >= 15 is 0 Å². The fraction of sp³-hybridized carbons (Fsp3) is 0.897. The van der Waals surface area contributed by atoms with Crippen LogP contribution in [0.1, 0.15) is 62.3 Å². The third-order valence-electron chi connectivity index (χ3n) is 6.71. The van der Waals surface area contributed by atoms with Crippen molar-refractivity contribution in [2.75, 3.05) is 73.0 Å². The van der Waals surface area contributed by atoms with Crippen molar-refractivity contribution in [2.24, 2.45) is 0 Å². The number of ether oxygens (including phenoxy) is 2. The van der Waals surface area contributed by atoms with E-state index in [-0.39, 0.29) is 52.7 Å². The van der Waals surface area contributed by atoms with Gasteiger partial charge in [-0.2, -0.15) is 53.7 Å². The molecule has 47 heavy (non-hydrogen) atoms. The molecule has 0 bridgehead atoms. The van der Waals surface area contributed by atoms with Crippen molar-refractivity contribution >= 4 is 58.6 Å². The third-order valence-corrected chi connectivity index (χ3v) is 6.71. The molecule has 3 aliphatic rings. The molecule has 0 spiro atoms. The van der Waals surface area contributed by atoms with Crippen molar-refractivity contribution in [3.63, 3.8) is 0 Å². The molecule has 3 heterocycles. The lowest BCUT2D eigenvalue weighted by Crippen LogP contribution is -2.52. The molecule has 3 fully saturated rings. The Bertz CT molecular complexity index is 887. The molecule has 0 aliphatic carbocycles. The first kappa shape index (κ1) is 52.5. The van der Waals surface area contributed by atoms with Gasteiger partial charge in [-0.1, -0.05) is 0 Å². The third kappa shape index (κ3) is 25.3. The van der Waals surface area contributed by atoms with E-state index < -0.39 is 23.3 Å². The van der Waals surface area contributed by atoms with Crippen molar-refractivity contribution in [3.05, 3.63) is 0 Å². The quantitative estimate of drug-likeness (QED) is 0.339. The number of likely N-dealkylation sites (N-methyl/N-ethyl adjacent to an activating group) is 2. The van der Waals surface area contributed by atoms with Gasteiger partial charge in [0.05, 0.1) is 0 Å². The van der Waals surface area contributed by atoms with E-state index in [1.165, 1.54) is 6.54 Å². The summed E-state index contributed by atoms with van der Waals surface area (Å²) in [6, 6.07) is 1.49. The maximum atomic E-state index is 11.8. The maximum Gasteiger partial charge on any atom is 0.490 e. The van der Waals surface area contributed by atoms with Gasteiger partial charge in [0.15, 0.2) is 0 Å². The van der Waals surface area contributed by atoms with E-state index in [0.717, 1.165) is 58.4 Å². The van der Waals surface area contributed by atoms with Crippen LogP contribution < -0.4 is 10.6 Å². The van der Waals surface area contributed by atoms with Gasteiger partial charge in [0.1, 0.15) is 11.2 Å². The Hall–Kier alpha value is -1.31. The smallest absolute Gasteiger partial charge is 0.475 e. The van der Waals surface area contributed by atoms with Crippen molar-refractivity contribution in [2.45, 2.75) is 97.8 Å². The monoisotopic (exact) mass is 744 g/mol. The Kier molecular flexibility index (Phi) is 26.7. The lowest BCUT2D eigenvalue weighted by Gasteiger charge is -2.38. The number of hydrogen-bond acceptors (Lipinski definition) is 9. The second-order valence-electron chi connectivity index (χ2n) is 13.4. The number of nitrogens with one attached hydrogen (secondary N) is 2. The normalized spacial score (nSPS) is 22.0. The first-order chi connectivity index (χ1) is 19.9. The number of nitrogens with zero attached hydrogens (tertiary/aromatic N) is 4. The number of aliphatic carboxylic acids is 1. The summed E-state index contributed by atoms with van der Waals surface area (Å²) in [6.45, 7) is 26.0. The summed E-state index contributed by atoms with van der Waals surface area (Å²) in [5.41, 5.74) is -0.797. The first-order valence-electron chi connectivity index (χ1n) is 15.0. The summed E-state index contributed by atoms with van der Waals surface area (Å²) in [5.74, 6) is -2.76. The van der Waals surface area contributed by atoms with Crippen molar-refractivity contribution < 1.29 is 42.1 Å². The Morgan fingerprint density at radius 3 is 1.45 bits per heavy atom. The van der Waals surface area contributed by atoms with Gasteiger partial charge in [0.2, 0.25) is 0 Å². The van der Waals surface area contributed by atoms with Gasteiger partial charge < -0.3 is 44.8 Å². The van der Waals surface area contributed by atoms with Gasteiger partial charge in [-0.15, -0.1) is 0 Å². The number of carboxylic acids is 1. The molecular weight excluding hydrogens is 682 g/mol. The molecule has 0 aromatic heterocycles. The molecule has 2 amide bonds. The molecular formula is C29H63F3N6O6S3. The molecule has 18 heteroatoms. The summed E-state index contributed by atoms with van der Waals surface area (Å²) in [6.07, 6.45) is -5.48. The van der Waals surface area contributed by atoms with E-state index in [0.29, 0.717) is 12.1 Å². The fourth-order valence-corrected chi connectivity index (χ4v) is 3.91. The summed E-state index contributed by atoms with van der Waals surface area (Å²) < 4.78 is 42.4. The van der Waals surface area contributed by atoms with Crippen LogP contribution in [0, 0.1) is 0 Å². The molecule has 0 unspecified atom stereocenters. The number of carbonyl (C=O) groups is 3. The predicted molar refractivity (Wildman–Crippen MR) is 195 cm³/mol. The molecule has 3 atom stereocenters. The van der Waals surface area contributed by atoms with Gasteiger partial charge in [0, 0.05) is 77.0 Å². The topological polar surface area (TPSA) is 127 Å². The molecule has 12 nitrogen and oxygen atoms in total. The van der Waals surface area contributed by atoms with Gasteiger partial charge in [0.25, 0.3) is 0 Å². The SMILES string of the molecule is C[C@H]1CN(C(=O)OC(C)(C)C)CCN1.C[C@H]1CN(C(=O)OC(C)(C)C)CCN1C.C[C@H]1CNCCN1C.O=C(O)C(F)(F)F.S.S.S. The molecule has 284 valence electrons. The molecule has 3 aliphatic heterocycles. The second kappa shape index (κ2) is 23.9. The molecule has 0 radical (unpaired) electrons. The van der Waals surface area contributed by atoms with E-state index in [1.54, 1.807) is 9.80 Å². The lowest BCUT2D eigenvalue weighted by atomic mass is 10.2. The Labute approximate surface area is 301 Å². The summed E-state index contributed by atoms with van der Waals surface area (Å²) in [5, 5.41) is 13.7. The van der Waals surface area contributed by atoms with E-state index in [1.807, 2.05) is 41.5 Å². The van der Waals surface area contributed by atoms with Crippen molar-refractivity contribution in [3.8, 4) is 0 Å². The number of alkyl halides is 3. The largest absolute Gasteiger partial charge is 0.490 e. The van der Waals surface area contributed by atoms with Gasteiger partial charge >= 0.3 is 24.3 Å². The molecule has 3 saturated heterocycles. The second-order valence-corrected chi connectivity index (χ2v) is 13.4. The van der Waals surface area contributed by atoms with Crippen LogP contribution in [0.25, 0.3) is 0 Å². The van der Waals surface area contributed by atoms with Gasteiger partial charge in [-0.05, 0) is 76.4 Å². The number of carbonyl (C=O) groups excluding carboxylic acids is 2. The predicted octanol–water partition coefficient (Wildman–Crippen LogP) is 3.65. The molecule has 3 N–H and O–H groups in total. The summed E-state index contributed by atoms with van der Waals surface area (Å²) >= 11 is 0. The van der Waals surface area contributed by atoms with Crippen molar-refractivity contribution in [1.82, 2.24) is 30.2 Å². The number of rotatable bonds is 0. The van der Waals surface area contributed by atoms with Crippen LogP contribution in [0.5, 0.6) is 0 Å². The number of amides is 2. The Morgan fingerprint density at radius 2 is 1.13 bits per heavy atom. The van der Waals surface area contributed by atoms with Crippen molar-refractivity contribution in [1.29, 1.82) is 0 Å². The zero-order chi connectivity index (χ0) is 34.5. The van der Waals surface area contributed by atoms with Gasteiger partial charge in [-0.3, -0.25) is 0 Å². The van der Waals surface area contributed by atoms with E-state index in [2.05, 4.69) is 55.3 Å².